The second kappa shape index (κ2) is 5.58. The number of hydrogen-bond donors (Lipinski definition) is 2. The molecule has 2 N–H and O–H groups in total. The number of hydrogen-bond acceptors (Lipinski definition) is 5. The van der Waals surface area contributed by atoms with Crippen molar-refractivity contribution in [3.63, 3.8) is 0 Å². The molecule has 23 heavy (non-hydrogen) atoms. The number of nitrogens with one attached hydrogen (secondary N) is 1. The van der Waals surface area contributed by atoms with Crippen LogP contribution >= 0.6 is 0 Å². The summed E-state index contributed by atoms with van der Waals surface area (Å²) in [5.41, 5.74) is 7.91. The molecule has 0 unspecified atom stereocenters. The zero-order valence-electron chi connectivity index (χ0n) is 13.6. The fourth-order valence-corrected chi connectivity index (χ4v) is 3.02. The number of carbonyl (C=O) groups is 1. The van der Waals surface area contributed by atoms with E-state index in [9.17, 15) is 4.79 Å². The Bertz CT molecular complexity index is 929. The molecule has 0 aliphatic carbocycles. The van der Waals surface area contributed by atoms with Gasteiger partial charge in [0, 0.05) is 23.5 Å². The van der Waals surface area contributed by atoms with Crippen molar-refractivity contribution in [3.8, 4) is 0 Å². The second-order valence-electron chi connectivity index (χ2n) is 5.81. The predicted molar refractivity (Wildman–Crippen MR) is 85.5 cm³/mol. The lowest BCUT2D eigenvalue weighted by atomic mass is 10.1. The molecule has 3 aromatic heterocycles. The molecule has 0 fully saturated rings. The van der Waals surface area contributed by atoms with Crippen molar-refractivity contribution >= 4 is 22.6 Å². The van der Waals surface area contributed by atoms with Crippen LogP contribution in [-0.4, -0.2) is 30.7 Å². The summed E-state index contributed by atoms with van der Waals surface area (Å²) in [6.07, 6.45) is 0.692. The summed E-state index contributed by atoms with van der Waals surface area (Å²) in [6, 6.07) is 2.02. The van der Waals surface area contributed by atoms with Crippen LogP contribution in [0, 0.1) is 27.7 Å². The largest absolute Gasteiger partial charge is 0.289 e. The third-order valence-corrected chi connectivity index (χ3v) is 4.14. The Morgan fingerprint density at radius 2 is 2.00 bits per heavy atom. The zero-order chi connectivity index (χ0) is 16.7. The summed E-state index contributed by atoms with van der Waals surface area (Å²) in [4.78, 5) is 20.5. The first-order valence-electron chi connectivity index (χ1n) is 7.48. The molecule has 3 aromatic rings. The van der Waals surface area contributed by atoms with E-state index in [0.717, 1.165) is 39.2 Å². The normalized spacial score (nSPS) is 11.3. The van der Waals surface area contributed by atoms with Crippen LogP contribution in [0.25, 0.3) is 16.7 Å². The van der Waals surface area contributed by atoms with E-state index in [0.29, 0.717) is 12.1 Å². The fraction of sp³-hybridized carbons (Fsp3) is 0.375. The molecule has 1 amide bonds. The molecule has 0 aliphatic heterocycles. The maximum absolute atomic E-state index is 11.3. The SMILES string of the molecule is Cc1cc(C)c2c(n1)nn1c(C)c(CCC(=O)NO)c(C)nc21. The molecule has 120 valence electrons. The maximum Gasteiger partial charge on any atom is 0.243 e. The monoisotopic (exact) mass is 313 g/mol. The van der Waals surface area contributed by atoms with Crippen LogP contribution in [0.4, 0.5) is 0 Å². The van der Waals surface area contributed by atoms with Crippen molar-refractivity contribution in [2.24, 2.45) is 0 Å². The van der Waals surface area contributed by atoms with Gasteiger partial charge in [-0.05, 0) is 51.3 Å². The Morgan fingerprint density at radius 1 is 1.26 bits per heavy atom. The summed E-state index contributed by atoms with van der Waals surface area (Å²) >= 11 is 0. The molecule has 0 atom stereocenters. The maximum atomic E-state index is 11.3. The molecule has 0 aromatic carbocycles. The molecule has 0 saturated carbocycles. The van der Waals surface area contributed by atoms with E-state index in [1.807, 2.05) is 33.8 Å². The number of hydroxylamine groups is 1. The van der Waals surface area contributed by atoms with Gasteiger partial charge in [-0.15, -0.1) is 5.10 Å². The zero-order valence-corrected chi connectivity index (χ0v) is 13.6. The van der Waals surface area contributed by atoms with E-state index in [1.165, 1.54) is 0 Å². The third-order valence-electron chi connectivity index (χ3n) is 4.14. The van der Waals surface area contributed by atoms with Gasteiger partial charge in [-0.25, -0.2) is 20.0 Å². The molecule has 0 radical (unpaired) electrons. The van der Waals surface area contributed by atoms with Crippen molar-refractivity contribution in [1.29, 1.82) is 0 Å². The number of fused-ring (bicyclic) bond motifs is 3. The van der Waals surface area contributed by atoms with E-state index in [1.54, 1.807) is 10.00 Å². The van der Waals surface area contributed by atoms with Crippen molar-refractivity contribution in [2.45, 2.75) is 40.5 Å². The Hall–Kier alpha value is -2.54. The minimum absolute atomic E-state index is 0.197. The molecule has 0 spiro atoms. The first-order chi connectivity index (χ1) is 10.9. The molecule has 0 bridgehead atoms. The van der Waals surface area contributed by atoms with Gasteiger partial charge >= 0.3 is 0 Å². The standard InChI is InChI=1S/C16H19N5O2/c1-8-7-9(2)17-15-14(8)16-18-10(3)12(5-6-13(22)20-23)11(4)21(16)19-15/h7,23H,5-6H2,1-4H3,(H,20,22). The second-order valence-corrected chi connectivity index (χ2v) is 5.81. The van der Waals surface area contributed by atoms with Gasteiger partial charge < -0.3 is 0 Å². The number of carbonyl (C=O) groups excluding carboxylic acids is 1. The summed E-state index contributed by atoms with van der Waals surface area (Å²) in [7, 11) is 0. The van der Waals surface area contributed by atoms with Crippen LogP contribution in [0.5, 0.6) is 0 Å². The fourth-order valence-electron chi connectivity index (χ4n) is 3.02. The lowest BCUT2D eigenvalue weighted by molar-refractivity contribution is -0.129. The number of aryl methyl sites for hydroxylation is 4. The van der Waals surface area contributed by atoms with Crippen molar-refractivity contribution in [1.82, 2.24) is 25.1 Å². The van der Waals surface area contributed by atoms with Gasteiger partial charge in [-0.1, -0.05) is 0 Å². The summed E-state index contributed by atoms with van der Waals surface area (Å²) in [5.74, 6) is -0.414. The van der Waals surface area contributed by atoms with Gasteiger partial charge in [0.2, 0.25) is 5.91 Å². The molecule has 3 heterocycles. The van der Waals surface area contributed by atoms with Gasteiger partial charge in [0.15, 0.2) is 11.3 Å². The average molecular weight is 313 g/mol. The van der Waals surface area contributed by atoms with Crippen LogP contribution in [0.3, 0.4) is 0 Å². The van der Waals surface area contributed by atoms with Gasteiger partial charge in [0.05, 0.1) is 5.39 Å². The molecule has 0 aliphatic rings. The highest BCUT2D eigenvalue weighted by Gasteiger charge is 2.17. The third kappa shape index (κ3) is 2.53. The van der Waals surface area contributed by atoms with Crippen LogP contribution in [0.1, 0.15) is 34.6 Å². The van der Waals surface area contributed by atoms with E-state index in [4.69, 9.17) is 5.21 Å². The molecular formula is C16H19N5O2. The molecular weight excluding hydrogens is 294 g/mol. The number of aromatic nitrogens is 4. The Morgan fingerprint density at radius 3 is 2.70 bits per heavy atom. The Balaban J connectivity index is 2.21. The topological polar surface area (TPSA) is 92.4 Å². The summed E-state index contributed by atoms with van der Waals surface area (Å²) < 4.78 is 1.79. The van der Waals surface area contributed by atoms with E-state index >= 15 is 0 Å². The lowest BCUT2D eigenvalue weighted by Gasteiger charge is -2.10. The molecule has 7 heteroatoms. The van der Waals surface area contributed by atoms with Crippen molar-refractivity contribution in [2.75, 3.05) is 0 Å². The number of nitrogens with zero attached hydrogens (tertiary/aromatic N) is 4. The minimum Gasteiger partial charge on any atom is -0.289 e. The lowest BCUT2D eigenvalue weighted by Crippen LogP contribution is -2.19. The van der Waals surface area contributed by atoms with Gasteiger partial charge in [0.1, 0.15) is 0 Å². The predicted octanol–water partition coefficient (Wildman–Crippen LogP) is 1.95. The van der Waals surface area contributed by atoms with E-state index in [2.05, 4.69) is 15.1 Å². The number of pyridine rings is 1. The highest BCUT2D eigenvalue weighted by molar-refractivity contribution is 5.93. The first-order valence-corrected chi connectivity index (χ1v) is 7.48. The quantitative estimate of drug-likeness (QED) is 0.569. The highest BCUT2D eigenvalue weighted by Crippen LogP contribution is 2.25. The van der Waals surface area contributed by atoms with Gasteiger partial charge in [0.25, 0.3) is 0 Å². The molecule has 3 rings (SSSR count). The van der Waals surface area contributed by atoms with Crippen molar-refractivity contribution < 1.29 is 10.0 Å². The molecule has 7 nitrogen and oxygen atoms in total. The summed E-state index contributed by atoms with van der Waals surface area (Å²) in [5, 5.41) is 14.2. The Kier molecular flexibility index (Phi) is 3.73. The highest BCUT2D eigenvalue weighted by atomic mass is 16.5. The van der Waals surface area contributed by atoms with Crippen LogP contribution in [0.2, 0.25) is 0 Å². The van der Waals surface area contributed by atoms with Crippen LogP contribution < -0.4 is 5.48 Å². The number of amides is 1. The van der Waals surface area contributed by atoms with Gasteiger partial charge in [-0.3, -0.25) is 10.0 Å². The first kappa shape index (κ1) is 15.4. The summed E-state index contributed by atoms with van der Waals surface area (Å²) in [6.45, 7) is 7.86. The van der Waals surface area contributed by atoms with Gasteiger partial charge in [-0.2, -0.15) is 0 Å². The smallest absolute Gasteiger partial charge is 0.243 e. The Labute approximate surface area is 133 Å². The van der Waals surface area contributed by atoms with E-state index < -0.39 is 5.91 Å². The average Bonchev–Trinajstić information content (AvgIpc) is 2.85. The van der Waals surface area contributed by atoms with Crippen LogP contribution in [-0.2, 0) is 11.2 Å². The minimum atomic E-state index is -0.414. The van der Waals surface area contributed by atoms with E-state index in [-0.39, 0.29) is 6.42 Å². The molecule has 0 saturated heterocycles. The van der Waals surface area contributed by atoms with Crippen molar-refractivity contribution in [3.05, 3.63) is 34.3 Å². The number of rotatable bonds is 3. The van der Waals surface area contributed by atoms with Crippen LogP contribution in [0.15, 0.2) is 6.07 Å².